The monoisotopic (exact) mass is 526 g/mol. The summed E-state index contributed by atoms with van der Waals surface area (Å²) in [5, 5.41) is 15.2. The van der Waals surface area contributed by atoms with Crippen LogP contribution in [0.5, 0.6) is 5.75 Å². The first-order valence-corrected chi connectivity index (χ1v) is 9.50. The Hall–Kier alpha value is -2.38. The summed E-state index contributed by atoms with van der Waals surface area (Å²) in [6.07, 6.45) is 0. The van der Waals surface area contributed by atoms with E-state index >= 15 is 0 Å². The van der Waals surface area contributed by atoms with Gasteiger partial charge in [-0.25, -0.2) is 4.39 Å². The molecule has 162 valence electrons. The number of aryl methyl sites for hydroxylation is 1. The fourth-order valence-corrected chi connectivity index (χ4v) is 2.66. The Morgan fingerprint density at radius 3 is 2.50 bits per heavy atom. The van der Waals surface area contributed by atoms with Crippen molar-refractivity contribution >= 4 is 29.9 Å². The average Bonchev–Trinajstić information content (AvgIpc) is 2.73. The minimum atomic E-state index is -0.365. The van der Waals surface area contributed by atoms with Gasteiger partial charge in [0, 0.05) is 37.9 Å². The van der Waals surface area contributed by atoms with Gasteiger partial charge in [-0.2, -0.15) is 5.26 Å². The Balaban J connectivity index is 0.00000450. The zero-order valence-corrected chi connectivity index (χ0v) is 19.8. The van der Waals surface area contributed by atoms with Crippen molar-refractivity contribution in [3.8, 4) is 11.8 Å². The molecule has 0 aromatic heterocycles. The van der Waals surface area contributed by atoms with Gasteiger partial charge in [0.25, 0.3) is 0 Å². The minimum absolute atomic E-state index is 0. The lowest BCUT2D eigenvalue weighted by molar-refractivity contribution is 0.110. The number of hydrogen-bond donors (Lipinski definition) is 2. The second-order valence-electron chi connectivity index (χ2n) is 6.35. The largest absolute Gasteiger partial charge is 0.491 e. The van der Waals surface area contributed by atoms with Crippen LogP contribution in [0.3, 0.4) is 0 Å². The van der Waals surface area contributed by atoms with E-state index in [0.717, 1.165) is 16.9 Å². The average molecular weight is 526 g/mol. The quantitative estimate of drug-likeness (QED) is 0.224. The zero-order chi connectivity index (χ0) is 21.1. The standard InChI is InChI=1S/C22H27FN4O2.HI/c1-4-28-9-10-29-21-11-16(2)5-7-18(21)14-26-22(25-3)27-15-19-12-17(13-24)6-8-20(19)23;/h5-8,11-12H,4,9-10,14-15H2,1-3H3,(H2,25,26,27);1H. The van der Waals surface area contributed by atoms with Gasteiger partial charge in [-0.1, -0.05) is 12.1 Å². The molecule has 2 aromatic carbocycles. The van der Waals surface area contributed by atoms with Gasteiger partial charge in [0.2, 0.25) is 0 Å². The number of nitrogens with zero attached hydrogens (tertiary/aromatic N) is 2. The van der Waals surface area contributed by atoms with Crippen LogP contribution in [0, 0.1) is 24.1 Å². The van der Waals surface area contributed by atoms with Crippen molar-refractivity contribution in [1.29, 1.82) is 5.26 Å². The van der Waals surface area contributed by atoms with Gasteiger partial charge in [-0.05, 0) is 43.7 Å². The molecule has 0 atom stereocenters. The number of aliphatic imine (C=N–C) groups is 1. The Labute approximate surface area is 194 Å². The molecule has 0 amide bonds. The van der Waals surface area contributed by atoms with Crippen LogP contribution < -0.4 is 15.4 Å². The maximum Gasteiger partial charge on any atom is 0.191 e. The number of ether oxygens (including phenoxy) is 2. The van der Waals surface area contributed by atoms with Gasteiger partial charge >= 0.3 is 0 Å². The maximum absolute atomic E-state index is 13.9. The topological polar surface area (TPSA) is 78.7 Å². The number of halogens is 2. The van der Waals surface area contributed by atoms with E-state index in [1.165, 1.54) is 18.2 Å². The highest BCUT2D eigenvalue weighted by Gasteiger charge is 2.08. The van der Waals surface area contributed by atoms with Crippen LogP contribution in [0.25, 0.3) is 0 Å². The van der Waals surface area contributed by atoms with Crippen molar-refractivity contribution in [2.75, 3.05) is 26.9 Å². The van der Waals surface area contributed by atoms with Gasteiger partial charge in [0.15, 0.2) is 5.96 Å². The molecule has 0 aliphatic rings. The number of hydrogen-bond acceptors (Lipinski definition) is 4. The molecule has 30 heavy (non-hydrogen) atoms. The van der Waals surface area contributed by atoms with E-state index < -0.39 is 0 Å². The molecular weight excluding hydrogens is 498 g/mol. The summed E-state index contributed by atoms with van der Waals surface area (Å²) >= 11 is 0. The lowest BCUT2D eigenvalue weighted by atomic mass is 10.1. The van der Waals surface area contributed by atoms with Crippen LogP contribution in [0.4, 0.5) is 4.39 Å². The van der Waals surface area contributed by atoms with E-state index in [1.54, 1.807) is 7.05 Å². The Bertz CT molecular complexity index is 884. The first-order chi connectivity index (χ1) is 14.1. The van der Waals surface area contributed by atoms with Gasteiger partial charge in [0.1, 0.15) is 18.2 Å². The predicted molar refractivity (Wildman–Crippen MR) is 127 cm³/mol. The van der Waals surface area contributed by atoms with Crippen LogP contribution in [0.2, 0.25) is 0 Å². The van der Waals surface area contributed by atoms with Crippen LogP contribution in [-0.4, -0.2) is 32.8 Å². The molecule has 8 heteroatoms. The van der Waals surface area contributed by atoms with Crippen LogP contribution in [0.1, 0.15) is 29.2 Å². The van der Waals surface area contributed by atoms with Crippen molar-refractivity contribution in [2.24, 2.45) is 4.99 Å². The first kappa shape index (κ1) is 25.7. The van der Waals surface area contributed by atoms with E-state index in [9.17, 15) is 4.39 Å². The van der Waals surface area contributed by atoms with Crippen LogP contribution >= 0.6 is 24.0 Å². The minimum Gasteiger partial charge on any atom is -0.491 e. The predicted octanol–water partition coefficient (Wildman–Crippen LogP) is 3.90. The Kier molecular flexibility index (Phi) is 11.8. The third-order valence-electron chi connectivity index (χ3n) is 4.20. The van der Waals surface area contributed by atoms with E-state index in [2.05, 4.69) is 15.6 Å². The summed E-state index contributed by atoms with van der Waals surface area (Å²) in [6.45, 7) is 6.34. The molecule has 0 aliphatic carbocycles. The van der Waals surface area contributed by atoms with Crippen LogP contribution in [-0.2, 0) is 17.8 Å². The molecule has 0 saturated heterocycles. The number of rotatable bonds is 9. The molecule has 6 nitrogen and oxygen atoms in total. The summed E-state index contributed by atoms with van der Waals surface area (Å²) in [4.78, 5) is 4.17. The summed E-state index contributed by atoms with van der Waals surface area (Å²) in [7, 11) is 1.64. The molecule has 2 rings (SSSR count). The highest BCUT2D eigenvalue weighted by atomic mass is 127. The molecule has 0 spiro atoms. The lowest BCUT2D eigenvalue weighted by Gasteiger charge is -2.16. The van der Waals surface area contributed by atoms with E-state index in [4.69, 9.17) is 14.7 Å². The molecule has 0 radical (unpaired) electrons. The third-order valence-corrected chi connectivity index (χ3v) is 4.20. The highest BCUT2D eigenvalue weighted by molar-refractivity contribution is 14.0. The van der Waals surface area contributed by atoms with Gasteiger partial charge in [-0.15, -0.1) is 24.0 Å². The SMILES string of the molecule is CCOCCOc1cc(C)ccc1CNC(=NC)NCc1cc(C#N)ccc1F.I. The normalized spacial score (nSPS) is 10.7. The molecule has 0 bridgehead atoms. The molecule has 0 saturated carbocycles. The highest BCUT2D eigenvalue weighted by Crippen LogP contribution is 2.20. The summed E-state index contributed by atoms with van der Waals surface area (Å²) in [6, 6.07) is 12.3. The number of guanidine groups is 1. The molecule has 0 fully saturated rings. The van der Waals surface area contributed by atoms with E-state index in [1.807, 2.05) is 38.1 Å². The molecule has 2 aromatic rings. The lowest BCUT2D eigenvalue weighted by Crippen LogP contribution is -2.36. The molecule has 0 heterocycles. The van der Waals surface area contributed by atoms with Crippen molar-refractivity contribution in [3.63, 3.8) is 0 Å². The summed E-state index contributed by atoms with van der Waals surface area (Å²) in [5.74, 6) is 0.948. The second-order valence-corrected chi connectivity index (χ2v) is 6.35. The van der Waals surface area contributed by atoms with Crippen molar-refractivity contribution in [3.05, 3.63) is 64.5 Å². The molecule has 0 unspecified atom stereocenters. The first-order valence-electron chi connectivity index (χ1n) is 9.50. The van der Waals surface area contributed by atoms with Crippen molar-refractivity contribution in [1.82, 2.24) is 10.6 Å². The van der Waals surface area contributed by atoms with E-state index in [-0.39, 0.29) is 36.3 Å². The van der Waals surface area contributed by atoms with Gasteiger partial charge in [0.05, 0.1) is 18.2 Å². The Morgan fingerprint density at radius 1 is 1.10 bits per heavy atom. The third kappa shape index (κ3) is 8.16. The number of nitrogens with one attached hydrogen (secondary N) is 2. The van der Waals surface area contributed by atoms with Gasteiger partial charge < -0.3 is 20.1 Å². The zero-order valence-electron chi connectivity index (χ0n) is 17.5. The fraction of sp³-hybridized carbons (Fsp3) is 0.364. The van der Waals surface area contributed by atoms with E-state index in [0.29, 0.717) is 43.5 Å². The second kappa shape index (κ2) is 13.8. The van der Waals surface area contributed by atoms with Crippen molar-refractivity contribution < 1.29 is 13.9 Å². The van der Waals surface area contributed by atoms with Crippen molar-refractivity contribution in [2.45, 2.75) is 26.9 Å². The van der Waals surface area contributed by atoms with Crippen LogP contribution in [0.15, 0.2) is 41.4 Å². The maximum atomic E-state index is 13.9. The summed E-state index contributed by atoms with van der Waals surface area (Å²) < 4.78 is 25.1. The molecular formula is C22H28FIN4O2. The fourth-order valence-electron chi connectivity index (χ4n) is 2.66. The molecule has 2 N–H and O–H groups in total. The summed E-state index contributed by atoms with van der Waals surface area (Å²) in [5.41, 5.74) is 2.91. The number of benzene rings is 2. The smallest absolute Gasteiger partial charge is 0.191 e. The van der Waals surface area contributed by atoms with Gasteiger partial charge in [-0.3, -0.25) is 4.99 Å². The Morgan fingerprint density at radius 2 is 1.83 bits per heavy atom. The molecule has 0 aliphatic heterocycles. The number of nitriles is 1.